The van der Waals surface area contributed by atoms with Crippen LogP contribution in [0.2, 0.25) is 0 Å². The molecule has 0 aliphatic heterocycles. The van der Waals surface area contributed by atoms with Crippen molar-refractivity contribution in [3.8, 4) is 0 Å². The van der Waals surface area contributed by atoms with Crippen molar-refractivity contribution in [1.29, 1.82) is 0 Å². The summed E-state index contributed by atoms with van der Waals surface area (Å²) < 4.78 is 1.86. The fraction of sp³-hybridized carbons (Fsp3) is 0.333. The van der Waals surface area contributed by atoms with Crippen LogP contribution in [0.15, 0.2) is 18.2 Å². The van der Waals surface area contributed by atoms with E-state index in [9.17, 15) is 4.79 Å². The molecule has 0 fully saturated rings. The van der Waals surface area contributed by atoms with Crippen molar-refractivity contribution in [2.24, 2.45) is 0 Å². The van der Waals surface area contributed by atoms with Gasteiger partial charge in [-0.15, -0.1) is 0 Å². The van der Waals surface area contributed by atoms with E-state index in [-0.39, 0.29) is 6.42 Å². The summed E-state index contributed by atoms with van der Waals surface area (Å²) in [6.45, 7) is 4.70. The molecular weight excluding hydrogens is 204 g/mol. The molecule has 1 heterocycles. The Bertz CT molecular complexity index is 543. The third-order valence-corrected chi connectivity index (χ3v) is 2.68. The highest BCUT2D eigenvalue weighted by atomic mass is 16.4. The number of nitrogens with zero attached hydrogens (tertiary/aromatic N) is 2. The number of aliphatic carboxylic acids is 1. The molecular formula is C12H14N2O2. The zero-order chi connectivity index (χ0) is 11.7. The maximum atomic E-state index is 10.8. The lowest BCUT2D eigenvalue weighted by molar-refractivity contribution is -0.136. The lowest BCUT2D eigenvalue weighted by atomic mass is 10.1. The Kier molecular flexibility index (Phi) is 2.64. The van der Waals surface area contributed by atoms with Crippen LogP contribution in [0.25, 0.3) is 10.9 Å². The smallest absolute Gasteiger partial charge is 0.307 e. The lowest BCUT2D eigenvalue weighted by Gasteiger charge is -2.03. The van der Waals surface area contributed by atoms with E-state index in [4.69, 9.17) is 5.11 Å². The molecule has 1 aromatic heterocycles. The summed E-state index contributed by atoms with van der Waals surface area (Å²) in [5.74, 6) is -0.811. The van der Waals surface area contributed by atoms with Crippen LogP contribution in [-0.2, 0) is 17.8 Å². The van der Waals surface area contributed by atoms with Crippen molar-refractivity contribution in [3.63, 3.8) is 0 Å². The van der Waals surface area contributed by atoms with Gasteiger partial charge in [0.15, 0.2) is 0 Å². The Hall–Kier alpha value is -1.84. The lowest BCUT2D eigenvalue weighted by Crippen LogP contribution is -2.04. The number of para-hydroxylation sites is 1. The molecule has 16 heavy (non-hydrogen) atoms. The monoisotopic (exact) mass is 218 g/mol. The molecule has 4 nitrogen and oxygen atoms in total. The average molecular weight is 218 g/mol. The van der Waals surface area contributed by atoms with Crippen molar-refractivity contribution in [2.75, 3.05) is 0 Å². The first-order valence-electron chi connectivity index (χ1n) is 5.30. The Morgan fingerprint density at radius 3 is 2.88 bits per heavy atom. The Balaban J connectivity index is 2.69. The quantitative estimate of drug-likeness (QED) is 0.857. The Labute approximate surface area is 93.5 Å². The zero-order valence-corrected chi connectivity index (χ0v) is 9.40. The molecule has 0 spiro atoms. The number of aryl methyl sites for hydroxylation is 2. The molecule has 0 atom stereocenters. The summed E-state index contributed by atoms with van der Waals surface area (Å²) in [5, 5.41) is 14.3. The highest BCUT2D eigenvalue weighted by molar-refractivity contribution is 5.87. The minimum absolute atomic E-state index is 0.0441. The van der Waals surface area contributed by atoms with E-state index in [0.717, 1.165) is 28.7 Å². The number of benzene rings is 1. The van der Waals surface area contributed by atoms with Gasteiger partial charge in [0.2, 0.25) is 0 Å². The predicted molar refractivity (Wildman–Crippen MR) is 61.5 cm³/mol. The number of hydrogen-bond acceptors (Lipinski definition) is 2. The van der Waals surface area contributed by atoms with Crippen molar-refractivity contribution in [2.45, 2.75) is 26.8 Å². The molecule has 0 radical (unpaired) electrons. The van der Waals surface area contributed by atoms with E-state index in [1.165, 1.54) is 0 Å². The molecule has 2 aromatic rings. The first-order valence-corrected chi connectivity index (χ1v) is 5.30. The van der Waals surface area contributed by atoms with Crippen molar-refractivity contribution in [3.05, 3.63) is 29.5 Å². The van der Waals surface area contributed by atoms with Crippen LogP contribution >= 0.6 is 0 Å². The molecule has 0 aliphatic carbocycles. The van der Waals surface area contributed by atoms with Crippen molar-refractivity contribution >= 4 is 16.9 Å². The van der Waals surface area contributed by atoms with Crippen LogP contribution in [0.4, 0.5) is 0 Å². The number of carboxylic acids is 1. The highest BCUT2D eigenvalue weighted by Gasteiger charge is 2.12. The number of aromatic nitrogens is 2. The summed E-state index contributed by atoms with van der Waals surface area (Å²) in [7, 11) is 0. The van der Waals surface area contributed by atoms with Crippen LogP contribution in [0.1, 0.15) is 18.2 Å². The number of fused-ring (bicyclic) bond motifs is 1. The molecule has 0 unspecified atom stereocenters. The predicted octanol–water partition coefficient (Wildman–Crippen LogP) is 1.99. The average Bonchev–Trinajstić information content (AvgIpc) is 2.56. The highest BCUT2D eigenvalue weighted by Crippen LogP contribution is 2.22. The van der Waals surface area contributed by atoms with E-state index in [0.29, 0.717) is 0 Å². The molecule has 4 heteroatoms. The van der Waals surface area contributed by atoms with Gasteiger partial charge in [-0.25, -0.2) is 0 Å². The molecule has 84 valence electrons. The van der Waals surface area contributed by atoms with Crippen LogP contribution in [0.3, 0.4) is 0 Å². The van der Waals surface area contributed by atoms with E-state index in [1.807, 2.05) is 36.7 Å². The van der Waals surface area contributed by atoms with E-state index < -0.39 is 5.97 Å². The molecule has 0 aliphatic rings. The second-order valence-electron chi connectivity index (χ2n) is 3.78. The van der Waals surface area contributed by atoms with E-state index in [2.05, 4.69) is 5.10 Å². The van der Waals surface area contributed by atoms with Gasteiger partial charge in [0.05, 0.1) is 17.6 Å². The fourth-order valence-electron chi connectivity index (χ4n) is 2.01. The Morgan fingerprint density at radius 1 is 1.50 bits per heavy atom. The topological polar surface area (TPSA) is 55.1 Å². The minimum atomic E-state index is -0.811. The van der Waals surface area contributed by atoms with Crippen LogP contribution < -0.4 is 0 Å². The maximum Gasteiger partial charge on any atom is 0.307 e. The van der Waals surface area contributed by atoms with Gasteiger partial charge in [0, 0.05) is 11.9 Å². The van der Waals surface area contributed by atoms with Gasteiger partial charge in [-0.2, -0.15) is 5.10 Å². The van der Waals surface area contributed by atoms with Gasteiger partial charge in [-0.1, -0.05) is 18.2 Å². The second-order valence-corrected chi connectivity index (χ2v) is 3.78. The molecule has 0 saturated heterocycles. The summed E-state index contributed by atoms with van der Waals surface area (Å²) in [5.41, 5.74) is 2.72. The van der Waals surface area contributed by atoms with E-state index >= 15 is 0 Å². The number of carboxylic acid groups (broad SMARTS) is 1. The summed E-state index contributed by atoms with van der Waals surface area (Å²) in [6, 6.07) is 5.72. The van der Waals surface area contributed by atoms with Gasteiger partial charge >= 0.3 is 5.97 Å². The number of hydrogen-bond donors (Lipinski definition) is 1. The molecule has 0 amide bonds. The van der Waals surface area contributed by atoms with Gasteiger partial charge in [-0.05, 0) is 19.4 Å². The van der Waals surface area contributed by atoms with Crippen molar-refractivity contribution in [1.82, 2.24) is 9.78 Å². The minimum Gasteiger partial charge on any atom is -0.481 e. The van der Waals surface area contributed by atoms with Gasteiger partial charge in [0.1, 0.15) is 0 Å². The van der Waals surface area contributed by atoms with Crippen LogP contribution in [0.5, 0.6) is 0 Å². The summed E-state index contributed by atoms with van der Waals surface area (Å²) >= 11 is 0. The SMILES string of the molecule is CCn1nc(C)c2cccc(CC(=O)O)c21. The normalized spacial score (nSPS) is 10.9. The Morgan fingerprint density at radius 2 is 2.25 bits per heavy atom. The van der Waals surface area contributed by atoms with Crippen LogP contribution in [-0.4, -0.2) is 20.9 Å². The number of rotatable bonds is 3. The van der Waals surface area contributed by atoms with Gasteiger partial charge in [-0.3, -0.25) is 9.48 Å². The zero-order valence-electron chi connectivity index (χ0n) is 9.40. The van der Waals surface area contributed by atoms with Crippen LogP contribution in [0, 0.1) is 6.92 Å². The molecule has 1 N–H and O–H groups in total. The standard InChI is InChI=1S/C12H14N2O2/c1-3-14-12-9(7-11(15)16)5-4-6-10(12)8(2)13-14/h4-6H,3,7H2,1-2H3,(H,15,16). The largest absolute Gasteiger partial charge is 0.481 e. The molecule has 1 aromatic carbocycles. The molecule has 0 saturated carbocycles. The van der Waals surface area contributed by atoms with E-state index in [1.54, 1.807) is 0 Å². The molecule has 2 rings (SSSR count). The fourth-order valence-corrected chi connectivity index (χ4v) is 2.01. The van der Waals surface area contributed by atoms with Gasteiger partial charge < -0.3 is 5.11 Å². The number of carbonyl (C=O) groups is 1. The van der Waals surface area contributed by atoms with Crippen molar-refractivity contribution < 1.29 is 9.90 Å². The maximum absolute atomic E-state index is 10.8. The first-order chi connectivity index (χ1) is 7.63. The summed E-state index contributed by atoms with van der Waals surface area (Å²) in [6.07, 6.45) is 0.0441. The molecule has 0 bridgehead atoms. The summed E-state index contributed by atoms with van der Waals surface area (Å²) in [4.78, 5) is 10.8. The second kappa shape index (κ2) is 3.96. The third kappa shape index (κ3) is 1.66. The third-order valence-electron chi connectivity index (χ3n) is 2.68. The van der Waals surface area contributed by atoms with Gasteiger partial charge in [0.25, 0.3) is 0 Å². The first kappa shape index (κ1) is 10.7.